The van der Waals surface area contributed by atoms with Gasteiger partial charge in [0.15, 0.2) is 5.13 Å². The van der Waals surface area contributed by atoms with Gasteiger partial charge in [-0.15, -0.1) is 0 Å². The molecule has 2 N–H and O–H groups in total. The number of urea groups is 1. The number of rotatable bonds is 1. The van der Waals surface area contributed by atoms with Gasteiger partial charge in [0.1, 0.15) is 0 Å². The van der Waals surface area contributed by atoms with Gasteiger partial charge in [-0.3, -0.25) is 10.7 Å². The minimum atomic E-state index is -0.273. The number of fused-ring (bicyclic) bond motifs is 2. The van der Waals surface area contributed by atoms with Crippen molar-refractivity contribution in [1.29, 1.82) is 0 Å². The number of benzene rings is 2. The highest BCUT2D eigenvalue weighted by molar-refractivity contribution is 7.22. The van der Waals surface area contributed by atoms with E-state index in [1.807, 2.05) is 54.6 Å². The van der Waals surface area contributed by atoms with Crippen LogP contribution in [0.15, 0.2) is 54.7 Å². The molecule has 4 rings (SSSR count). The summed E-state index contributed by atoms with van der Waals surface area (Å²) in [6, 6.07) is 15.3. The van der Waals surface area contributed by atoms with Gasteiger partial charge in [-0.25, -0.2) is 14.8 Å². The van der Waals surface area contributed by atoms with E-state index in [-0.39, 0.29) is 6.03 Å². The molecule has 0 saturated carbocycles. The van der Waals surface area contributed by atoms with Gasteiger partial charge in [0.2, 0.25) is 0 Å². The molecule has 108 valence electrons. The SMILES string of the molecule is O=C(Nc1nc2ccccc2s1)N1C=Cc2ccccc2N1. The molecule has 2 aromatic carbocycles. The van der Waals surface area contributed by atoms with Crippen LogP contribution < -0.4 is 10.7 Å². The average molecular weight is 308 g/mol. The van der Waals surface area contributed by atoms with Gasteiger partial charge in [-0.05, 0) is 24.3 Å². The Morgan fingerprint density at radius 1 is 1.14 bits per heavy atom. The normalized spacial score (nSPS) is 12.8. The number of amides is 2. The van der Waals surface area contributed by atoms with Crippen LogP contribution in [-0.2, 0) is 0 Å². The van der Waals surface area contributed by atoms with Gasteiger partial charge in [-0.2, -0.15) is 0 Å². The Labute approximate surface area is 130 Å². The summed E-state index contributed by atoms with van der Waals surface area (Å²) in [5, 5.41) is 4.81. The van der Waals surface area contributed by atoms with E-state index in [0.29, 0.717) is 5.13 Å². The first-order valence-electron chi connectivity index (χ1n) is 6.79. The quantitative estimate of drug-likeness (QED) is 0.710. The van der Waals surface area contributed by atoms with E-state index in [0.717, 1.165) is 21.5 Å². The third-order valence-corrected chi connectivity index (χ3v) is 4.28. The van der Waals surface area contributed by atoms with Crippen molar-refractivity contribution in [3.05, 3.63) is 60.3 Å². The van der Waals surface area contributed by atoms with Crippen molar-refractivity contribution >= 4 is 44.5 Å². The average Bonchev–Trinajstić information content (AvgIpc) is 2.96. The van der Waals surface area contributed by atoms with E-state index in [1.54, 1.807) is 6.20 Å². The number of nitrogens with zero attached hydrogens (tertiary/aromatic N) is 2. The van der Waals surface area contributed by atoms with Crippen molar-refractivity contribution in [1.82, 2.24) is 9.99 Å². The third-order valence-electron chi connectivity index (χ3n) is 3.33. The van der Waals surface area contributed by atoms with Crippen LogP contribution >= 0.6 is 11.3 Å². The van der Waals surface area contributed by atoms with Crippen molar-refractivity contribution in [2.45, 2.75) is 0 Å². The Morgan fingerprint density at radius 2 is 1.95 bits per heavy atom. The molecular formula is C16H12N4OS. The molecule has 5 nitrogen and oxygen atoms in total. The van der Waals surface area contributed by atoms with Crippen LogP contribution in [0, 0.1) is 0 Å². The molecule has 0 atom stereocenters. The predicted molar refractivity (Wildman–Crippen MR) is 89.6 cm³/mol. The Kier molecular flexibility index (Phi) is 3.01. The number of carbonyl (C=O) groups is 1. The number of hydrazine groups is 1. The first-order chi connectivity index (χ1) is 10.8. The van der Waals surface area contributed by atoms with Crippen molar-refractivity contribution in [3.63, 3.8) is 0 Å². The molecule has 0 spiro atoms. The van der Waals surface area contributed by atoms with Crippen LogP contribution in [0.4, 0.5) is 15.6 Å². The zero-order chi connectivity index (χ0) is 14.9. The topological polar surface area (TPSA) is 57.3 Å². The highest BCUT2D eigenvalue weighted by Crippen LogP contribution is 2.26. The van der Waals surface area contributed by atoms with Crippen LogP contribution in [0.2, 0.25) is 0 Å². The molecule has 2 heterocycles. The number of hydrogen-bond donors (Lipinski definition) is 2. The van der Waals surface area contributed by atoms with E-state index in [2.05, 4.69) is 15.7 Å². The predicted octanol–water partition coefficient (Wildman–Crippen LogP) is 4.14. The zero-order valence-corrected chi connectivity index (χ0v) is 12.3. The first kappa shape index (κ1) is 12.8. The summed E-state index contributed by atoms with van der Waals surface area (Å²) in [7, 11) is 0. The smallest absolute Gasteiger partial charge is 0.290 e. The van der Waals surface area contributed by atoms with Gasteiger partial charge < -0.3 is 0 Å². The van der Waals surface area contributed by atoms with Crippen molar-refractivity contribution < 1.29 is 4.79 Å². The van der Waals surface area contributed by atoms with E-state index in [1.165, 1.54) is 16.3 Å². The lowest BCUT2D eigenvalue weighted by Gasteiger charge is -2.24. The Balaban J connectivity index is 1.53. The maximum Gasteiger partial charge on any atom is 0.346 e. The van der Waals surface area contributed by atoms with Crippen molar-refractivity contribution in [3.8, 4) is 0 Å². The van der Waals surface area contributed by atoms with Gasteiger partial charge >= 0.3 is 6.03 Å². The third kappa shape index (κ3) is 2.29. The van der Waals surface area contributed by atoms with Gasteiger partial charge in [0.05, 0.1) is 15.9 Å². The molecule has 2 amide bonds. The highest BCUT2D eigenvalue weighted by Gasteiger charge is 2.17. The first-order valence-corrected chi connectivity index (χ1v) is 7.61. The maximum atomic E-state index is 12.3. The molecule has 1 aliphatic rings. The summed E-state index contributed by atoms with van der Waals surface area (Å²) in [6.45, 7) is 0. The molecule has 0 aliphatic carbocycles. The second kappa shape index (κ2) is 5.16. The second-order valence-corrected chi connectivity index (χ2v) is 5.83. The number of thiazole rings is 1. The minimum absolute atomic E-state index is 0.273. The molecule has 0 fully saturated rings. The molecular weight excluding hydrogens is 296 g/mol. The Morgan fingerprint density at radius 3 is 2.86 bits per heavy atom. The number of carbonyl (C=O) groups excluding carboxylic acids is 1. The standard InChI is InChI=1S/C16H12N4OS/c21-16(18-15-17-13-7-3-4-8-14(13)22-15)20-10-9-11-5-1-2-6-12(11)19-20/h1-10,19H,(H,17,18,21). The number of anilines is 2. The molecule has 3 aromatic rings. The lowest BCUT2D eigenvalue weighted by Crippen LogP contribution is -2.36. The molecule has 1 aliphatic heterocycles. The molecule has 22 heavy (non-hydrogen) atoms. The number of hydrogen-bond acceptors (Lipinski definition) is 4. The maximum absolute atomic E-state index is 12.3. The minimum Gasteiger partial charge on any atom is -0.290 e. The van der Waals surface area contributed by atoms with Gasteiger partial charge in [0.25, 0.3) is 0 Å². The number of para-hydroxylation sites is 2. The number of aromatic nitrogens is 1. The Bertz CT molecular complexity index is 853. The second-order valence-electron chi connectivity index (χ2n) is 4.80. The monoisotopic (exact) mass is 308 g/mol. The fraction of sp³-hybridized carbons (Fsp3) is 0. The van der Waals surface area contributed by atoms with Crippen molar-refractivity contribution in [2.24, 2.45) is 0 Å². The van der Waals surface area contributed by atoms with Crippen LogP contribution in [0.25, 0.3) is 16.3 Å². The summed E-state index contributed by atoms with van der Waals surface area (Å²) in [4.78, 5) is 16.7. The molecule has 0 bridgehead atoms. The van der Waals surface area contributed by atoms with Crippen LogP contribution in [-0.4, -0.2) is 16.0 Å². The lowest BCUT2D eigenvalue weighted by molar-refractivity contribution is 0.235. The van der Waals surface area contributed by atoms with Crippen LogP contribution in [0.5, 0.6) is 0 Å². The molecule has 6 heteroatoms. The summed E-state index contributed by atoms with van der Waals surface area (Å²) in [5.41, 5.74) is 5.89. The lowest BCUT2D eigenvalue weighted by atomic mass is 10.1. The largest absolute Gasteiger partial charge is 0.346 e. The van der Waals surface area contributed by atoms with Crippen LogP contribution in [0.1, 0.15) is 5.56 Å². The highest BCUT2D eigenvalue weighted by atomic mass is 32.1. The van der Waals surface area contributed by atoms with Gasteiger partial charge in [-0.1, -0.05) is 41.7 Å². The molecule has 0 radical (unpaired) electrons. The van der Waals surface area contributed by atoms with E-state index in [4.69, 9.17) is 0 Å². The summed E-state index contributed by atoms with van der Waals surface area (Å²) >= 11 is 1.45. The summed E-state index contributed by atoms with van der Waals surface area (Å²) < 4.78 is 1.05. The summed E-state index contributed by atoms with van der Waals surface area (Å²) in [5.74, 6) is 0. The van der Waals surface area contributed by atoms with E-state index >= 15 is 0 Å². The number of nitrogens with one attached hydrogen (secondary N) is 2. The van der Waals surface area contributed by atoms with E-state index in [9.17, 15) is 4.79 Å². The Hall–Kier alpha value is -2.86. The summed E-state index contributed by atoms with van der Waals surface area (Å²) in [6.07, 6.45) is 3.59. The fourth-order valence-electron chi connectivity index (χ4n) is 2.26. The van der Waals surface area contributed by atoms with Crippen molar-refractivity contribution in [2.75, 3.05) is 10.7 Å². The molecule has 0 unspecified atom stereocenters. The zero-order valence-electron chi connectivity index (χ0n) is 11.5. The van der Waals surface area contributed by atoms with Crippen LogP contribution in [0.3, 0.4) is 0 Å². The van der Waals surface area contributed by atoms with E-state index < -0.39 is 0 Å². The molecule has 1 aromatic heterocycles. The molecule has 0 saturated heterocycles. The van der Waals surface area contributed by atoms with Gasteiger partial charge in [0, 0.05) is 11.8 Å². The fourth-order valence-corrected chi connectivity index (χ4v) is 3.12.